The summed E-state index contributed by atoms with van der Waals surface area (Å²) in [4.78, 5) is 14.2. The Morgan fingerprint density at radius 1 is 1.21 bits per heavy atom. The lowest BCUT2D eigenvalue weighted by molar-refractivity contribution is -0.130. The highest BCUT2D eigenvalue weighted by Crippen LogP contribution is 2.22. The van der Waals surface area contributed by atoms with Gasteiger partial charge in [-0.3, -0.25) is 9.10 Å². The van der Waals surface area contributed by atoms with E-state index in [0.29, 0.717) is 5.69 Å². The van der Waals surface area contributed by atoms with Crippen LogP contribution in [0.4, 0.5) is 5.69 Å². The number of hydrogen-bond donors (Lipinski definition) is 0. The number of anilines is 1. The number of rotatable bonds is 5. The summed E-state index contributed by atoms with van der Waals surface area (Å²) in [5.74, 6) is -0.0278. The second-order valence-corrected chi connectivity index (χ2v) is 7.92. The Labute approximate surface area is 143 Å². The van der Waals surface area contributed by atoms with Crippen molar-refractivity contribution in [2.75, 3.05) is 30.2 Å². The molecule has 1 aromatic carbocycles. The standard InChI is InChI=1S/C17H23N3O3S/c1-24(22,23)20(16-9-5-4-8-15(16)14-18)13-10-17(21)19-11-6-2-3-7-12-19/h4-5,8-9H,2-3,6-7,10-13H2,1H3. The number of carbonyl (C=O) groups is 1. The molecule has 1 aliphatic heterocycles. The Morgan fingerprint density at radius 3 is 2.42 bits per heavy atom. The van der Waals surface area contributed by atoms with Crippen LogP contribution >= 0.6 is 0 Å². The van der Waals surface area contributed by atoms with Crippen LogP contribution in [-0.2, 0) is 14.8 Å². The van der Waals surface area contributed by atoms with Crippen molar-refractivity contribution in [2.24, 2.45) is 0 Å². The van der Waals surface area contributed by atoms with Crippen LogP contribution in [0.1, 0.15) is 37.7 Å². The van der Waals surface area contributed by atoms with Crippen LogP contribution in [0.2, 0.25) is 0 Å². The van der Waals surface area contributed by atoms with Gasteiger partial charge in [-0.05, 0) is 25.0 Å². The van der Waals surface area contributed by atoms with E-state index in [1.54, 1.807) is 24.3 Å². The lowest BCUT2D eigenvalue weighted by Crippen LogP contribution is -2.37. The second-order valence-electron chi connectivity index (χ2n) is 6.01. The molecule has 0 aromatic heterocycles. The summed E-state index contributed by atoms with van der Waals surface area (Å²) in [6, 6.07) is 8.54. The zero-order chi connectivity index (χ0) is 17.6. The summed E-state index contributed by atoms with van der Waals surface area (Å²) < 4.78 is 25.4. The van der Waals surface area contributed by atoms with Gasteiger partial charge in [0.1, 0.15) is 6.07 Å². The van der Waals surface area contributed by atoms with Crippen LogP contribution in [-0.4, -0.2) is 45.1 Å². The molecule has 0 unspecified atom stereocenters. The third-order valence-electron chi connectivity index (χ3n) is 4.18. The maximum absolute atomic E-state index is 12.4. The Bertz CT molecular complexity index is 717. The van der Waals surface area contributed by atoms with Gasteiger partial charge in [0.05, 0.1) is 17.5 Å². The van der Waals surface area contributed by atoms with Gasteiger partial charge in [0.25, 0.3) is 0 Å². The number of para-hydroxylation sites is 1. The molecule has 1 aliphatic rings. The van der Waals surface area contributed by atoms with Gasteiger partial charge in [-0.15, -0.1) is 0 Å². The largest absolute Gasteiger partial charge is 0.343 e. The third-order valence-corrected chi connectivity index (χ3v) is 5.36. The quantitative estimate of drug-likeness (QED) is 0.815. The first-order chi connectivity index (χ1) is 11.4. The van der Waals surface area contributed by atoms with Crippen LogP contribution < -0.4 is 4.31 Å². The Morgan fingerprint density at radius 2 is 1.83 bits per heavy atom. The zero-order valence-corrected chi connectivity index (χ0v) is 14.8. The molecule has 1 saturated heterocycles. The summed E-state index contributed by atoms with van der Waals surface area (Å²) in [6.07, 6.45) is 5.48. The van der Waals surface area contributed by atoms with Crippen LogP contribution in [0.5, 0.6) is 0 Å². The van der Waals surface area contributed by atoms with Crippen molar-refractivity contribution in [3.63, 3.8) is 0 Å². The minimum absolute atomic E-state index is 0.0278. The number of sulfonamides is 1. The van der Waals surface area contributed by atoms with Crippen molar-refractivity contribution in [1.82, 2.24) is 4.90 Å². The highest BCUT2D eigenvalue weighted by molar-refractivity contribution is 7.92. The number of hydrogen-bond acceptors (Lipinski definition) is 4. The van der Waals surface area contributed by atoms with Gasteiger partial charge < -0.3 is 4.90 Å². The van der Waals surface area contributed by atoms with E-state index in [0.717, 1.165) is 49.3 Å². The smallest absolute Gasteiger partial charge is 0.232 e. The summed E-state index contributed by atoms with van der Waals surface area (Å²) in [5.41, 5.74) is 0.608. The van der Waals surface area contributed by atoms with Crippen LogP contribution in [0.25, 0.3) is 0 Å². The van der Waals surface area contributed by atoms with E-state index in [-0.39, 0.29) is 24.4 Å². The first-order valence-corrected chi connectivity index (χ1v) is 10.0. The van der Waals surface area contributed by atoms with E-state index < -0.39 is 10.0 Å². The number of amides is 1. The van der Waals surface area contributed by atoms with Gasteiger partial charge in [-0.2, -0.15) is 5.26 Å². The first kappa shape index (κ1) is 18.3. The van der Waals surface area contributed by atoms with Gasteiger partial charge >= 0.3 is 0 Å². The van der Waals surface area contributed by atoms with E-state index in [2.05, 4.69) is 0 Å². The monoisotopic (exact) mass is 349 g/mol. The molecule has 0 spiro atoms. The van der Waals surface area contributed by atoms with Crippen molar-refractivity contribution < 1.29 is 13.2 Å². The molecule has 6 nitrogen and oxygen atoms in total. The molecule has 1 heterocycles. The molecular weight excluding hydrogens is 326 g/mol. The molecule has 0 aliphatic carbocycles. The SMILES string of the molecule is CS(=O)(=O)N(CCC(=O)N1CCCCCC1)c1ccccc1C#N. The molecule has 0 atom stereocenters. The van der Waals surface area contributed by atoms with E-state index in [9.17, 15) is 18.5 Å². The number of likely N-dealkylation sites (tertiary alicyclic amines) is 1. The Hall–Kier alpha value is -2.07. The summed E-state index contributed by atoms with van der Waals surface area (Å²) >= 11 is 0. The van der Waals surface area contributed by atoms with Crippen LogP contribution in [0, 0.1) is 11.3 Å². The van der Waals surface area contributed by atoms with Crippen molar-refractivity contribution in [3.8, 4) is 6.07 Å². The normalized spacial score (nSPS) is 15.4. The lowest BCUT2D eigenvalue weighted by Gasteiger charge is -2.25. The molecule has 130 valence electrons. The molecule has 0 N–H and O–H groups in total. The molecule has 0 radical (unpaired) electrons. The molecule has 1 aromatic rings. The maximum Gasteiger partial charge on any atom is 0.232 e. The topological polar surface area (TPSA) is 81.5 Å². The molecule has 2 rings (SSSR count). The molecule has 0 bridgehead atoms. The summed E-state index contributed by atoms with van der Waals surface area (Å²) in [5, 5.41) is 9.20. The minimum atomic E-state index is -3.57. The highest BCUT2D eigenvalue weighted by atomic mass is 32.2. The third kappa shape index (κ3) is 4.71. The fourth-order valence-corrected chi connectivity index (χ4v) is 3.87. The molecule has 24 heavy (non-hydrogen) atoms. The summed E-state index contributed by atoms with van der Waals surface area (Å²) in [7, 11) is -3.57. The van der Waals surface area contributed by atoms with Gasteiger partial charge in [0, 0.05) is 26.1 Å². The van der Waals surface area contributed by atoms with Crippen LogP contribution in [0.3, 0.4) is 0 Å². The minimum Gasteiger partial charge on any atom is -0.343 e. The highest BCUT2D eigenvalue weighted by Gasteiger charge is 2.23. The Balaban J connectivity index is 2.13. The van der Waals surface area contributed by atoms with E-state index >= 15 is 0 Å². The number of carbonyl (C=O) groups excluding carboxylic acids is 1. The van der Waals surface area contributed by atoms with Gasteiger partial charge in [-0.1, -0.05) is 25.0 Å². The fourth-order valence-electron chi connectivity index (χ4n) is 2.93. The van der Waals surface area contributed by atoms with Crippen molar-refractivity contribution in [1.29, 1.82) is 5.26 Å². The lowest BCUT2D eigenvalue weighted by atomic mass is 10.2. The number of benzene rings is 1. The predicted octanol–water partition coefficient (Wildman–Crippen LogP) is 2.12. The van der Waals surface area contributed by atoms with Crippen molar-refractivity contribution in [2.45, 2.75) is 32.1 Å². The molecular formula is C17H23N3O3S. The van der Waals surface area contributed by atoms with Gasteiger partial charge in [0.15, 0.2) is 0 Å². The first-order valence-electron chi connectivity index (χ1n) is 8.18. The zero-order valence-electron chi connectivity index (χ0n) is 13.9. The number of nitriles is 1. The second kappa shape index (κ2) is 8.15. The van der Waals surface area contributed by atoms with E-state index in [1.165, 1.54) is 0 Å². The maximum atomic E-state index is 12.4. The van der Waals surface area contributed by atoms with Gasteiger partial charge in [-0.25, -0.2) is 8.42 Å². The van der Waals surface area contributed by atoms with Crippen LogP contribution in [0.15, 0.2) is 24.3 Å². The fraction of sp³-hybridized carbons (Fsp3) is 0.529. The van der Waals surface area contributed by atoms with E-state index in [4.69, 9.17) is 0 Å². The summed E-state index contributed by atoms with van der Waals surface area (Å²) in [6.45, 7) is 1.53. The van der Waals surface area contributed by atoms with E-state index in [1.807, 2.05) is 11.0 Å². The van der Waals surface area contributed by atoms with Crippen molar-refractivity contribution in [3.05, 3.63) is 29.8 Å². The average Bonchev–Trinajstić information content (AvgIpc) is 2.83. The molecule has 1 fully saturated rings. The average molecular weight is 349 g/mol. The Kier molecular flexibility index (Phi) is 6.21. The number of nitrogens with zero attached hydrogens (tertiary/aromatic N) is 3. The van der Waals surface area contributed by atoms with Crippen molar-refractivity contribution >= 4 is 21.6 Å². The predicted molar refractivity (Wildman–Crippen MR) is 93.0 cm³/mol. The molecule has 0 saturated carbocycles. The molecule has 7 heteroatoms. The van der Waals surface area contributed by atoms with Gasteiger partial charge in [0.2, 0.25) is 15.9 Å². The molecule has 1 amide bonds.